The number of hydrogen-bond acceptors (Lipinski definition) is 3. The molecule has 7 heteroatoms. The van der Waals surface area contributed by atoms with Gasteiger partial charge in [-0.3, -0.25) is 4.98 Å². The molecule has 0 aliphatic carbocycles. The van der Waals surface area contributed by atoms with Gasteiger partial charge in [-0.15, -0.1) is 0 Å². The maximum atomic E-state index is 12.7. The largest absolute Gasteiger partial charge is 0.362 e. The van der Waals surface area contributed by atoms with Crippen LogP contribution in [0.4, 0.5) is 23.4 Å². The molecule has 1 aromatic carbocycles. The van der Waals surface area contributed by atoms with E-state index in [9.17, 15) is 17.6 Å². The molecule has 3 nitrogen and oxygen atoms in total. The lowest BCUT2D eigenvalue weighted by Gasteiger charge is -2.15. The van der Waals surface area contributed by atoms with E-state index in [1.54, 1.807) is 24.3 Å². The third kappa shape index (κ3) is 2.66. The van der Waals surface area contributed by atoms with Crippen molar-refractivity contribution >= 4 is 16.9 Å². The van der Waals surface area contributed by atoms with Crippen molar-refractivity contribution in [1.29, 1.82) is 0 Å². The molecule has 0 bridgehead atoms. The summed E-state index contributed by atoms with van der Waals surface area (Å²) in [6.07, 6.45) is -2.48. The van der Waals surface area contributed by atoms with Crippen LogP contribution in [0.3, 0.4) is 0 Å². The number of aromatic nitrogens is 2. The summed E-state index contributed by atoms with van der Waals surface area (Å²) in [6.45, 7) is -1.18. The van der Waals surface area contributed by atoms with Crippen molar-refractivity contribution in [1.82, 2.24) is 9.97 Å². The molecule has 2 aromatic rings. The number of anilines is 1. The Balaban J connectivity index is 2.13. The van der Waals surface area contributed by atoms with Crippen molar-refractivity contribution in [2.75, 3.05) is 11.9 Å². The normalized spacial score (nSPS) is 12.1. The first kappa shape index (κ1) is 12.5. The van der Waals surface area contributed by atoms with E-state index in [0.29, 0.717) is 11.0 Å². The Morgan fingerprint density at radius 1 is 1.17 bits per heavy atom. The first-order valence-corrected chi connectivity index (χ1v) is 5.11. The predicted molar refractivity (Wildman–Crippen MR) is 59.0 cm³/mol. The average Bonchev–Trinajstić information content (AvgIpc) is 2.36. The van der Waals surface area contributed by atoms with Gasteiger partial charge < -0.3 is 5.32 Å². The number of alkyl halides is 4. The van der Waals surface area contributed by atoms with Crippen LogP contribution in [0.15, 0.2) is 30.5 Å². The molecule has 1 aromatic heterocycles. The molecule has 0 fully saturated rings. The van der Waals surface area contributed by atoms with Gasteiger partial charge in [-0.2, -0.15) is 8.78 Å². The van der Waals surface area contributed by atoms with Crippen LogP contribution in [0.2, 0.25) is 0 Å². The molecule has 0 saturated heterocycles. The Bertz CT molecular complexity index is 545. The Morgan fingerprint density at radius 3 is 2.50 bits per heavy atom. The highest BCUT2D eigenvalue weighted by Gasteiger charge is 2.40. The van der Waals surface area contributed by atoms with Gasteiger partial charge >= 0.3 is 12.3 Å². The van der Waals surface area contributed by atoms with Crippen molar-refractivity contribution in [2.24, 2.45) is 0 Å². The smallest absolute Gasteiger partial charge is 0.324 e. The van der Waals surface area contributed by atoms with Gasteiger partial charge in [0.25, 0.3) is 0 Å². The molecule has 2 rings (SSSR count). The second kappa shape index (κ2) is 4.75. The summed E-state index contributed by atoms with van der Waals surface area (Å²) < 4.78 is 49.3. The summed E-state index contributed by atoms with van der Waals surface area (Å²) in [5, 5.41) is 2.15. The zero-order valence-electron chi connectivity index (χ0n) is 9.08. The van der Waals surface area contributed by atoms with Crippen LogP contribution in [-0.4, -0.2) is 28.9 Å². The Kier molecular flexibility index (Phi) is 3.31. The van der Waals surface area contributed by atoms with E-state index < -0.39 is 18.9 Å². The maximum Gasteiger partial charge on any atom is 0.324 e. The summed E-state index contributed by atoms with van der Waals surface area (Å²) in [7, 11) is 0. The molecule has 0 radical (unpaired) electrons. The Labute approximate surface area is 99.9 Å². The third-order valence-electron chi connectivity index (χ3n) is 2.27. The van der Waals surface area contributed by atoms with E-state index in [1.165, 1.54) is 6.20 Å². The molecular weight excluding hydrogens is 250 g/mol. The van der Waals surface area contributed by atoms with Crippen LogP contribution < -0.4 is 5.32 Å². The standard InChI is InChI=1S/C11H9F4N3/c12-10(13)11(14,15)6-17-9-5-16-7-3-1-2-4-8(7)18-9/h1-5,10H,6H2,(H,17,18). The van der Waals surface area contributed by atoms with Crippen molar-refractivity contribution in [2.45, 2.75) is 12.3 Å². The number of para-hydroxylation sites is 2. The summed E-state index contributed by atoms with van der Waals surface area (Å²) in [6, 6.07) is 6.84. The number of benzene rings is 1. The monoisotopic (exact) mass is 259 g/mol. The van der Waals surface area contributed by atoms with E-state index >= 15 is 0 Å². The maximum absolute atomic E-state index is 12.7. The fourth-order valence-electron chi connectivity index (χ4n) is 1.33. The SMILES string of the molecule is FC(F)C(F)(F)CNc1cnc2ccccc2n1. The summed E-state index contributed by atoms with van der Waals surface area (Å²) >= 11 is 0. The van der Waals surface area contributed by atoms with Gasteiger partial charge in [0.15, 0.2) is 0 Å². The quantitative estimate of drug-likeness (QED) is 0.858. The number of nitrogens with one attached hydrogen (secondary N) is 1. The highest BCUT2D eigenvalue weighted by Crippen LogP contribution is 2.23. The molecule has 1 N–H and O–H groups in total. The summed E-state index contributed by atoms with van der Waals surface area (Å²) in [5.41, 5.74) is 1.10. The van der Waals surface area contributed by atoms with Crippen LogP contribution in [0, 0.1) is 0 Å². The van der Waals surface area contributed by atoms with Crippen LogP contribution >= 0.6 is 0 Å². The molecular formula is C11H9F4N3. The van der Waals surface area contributed by atoms with E-state index in [-0.39, 0.29) is 5.82 Å². The first-order chi connectivity index (χ1) is 8.49. The van der Waals surface area contributed by atoms with Gasteiger partial charge in [-0.1, -0.05) is 12.1 Å². The van der Waals surface area contributed by atoms with Gasteiger partial charge in [0.05, 0.1) is 23.8 Å². The van der Waals surface area contributed by atoms with Crippen molar-refractivity contribution in [3.05, 3.63) is 30.5 Å². The van der Waals surface area contributed by atoms with Gasteiger partial charge in [0.2, 0.25) is 0 Å². The molecule has 0 atom stereocenters. The van der Waals surface area contributed by atoms with E-state index in [0.717, 1.165) is 0 Å². The van der Waals surface area contributed by atoms with Crippen LogP contribution in [-0.2, 0) is 0 Å². The molecule has 0 spiro atoms. The first-order valence-electron chi connectivity index (χ1n) is 5.11. The predicted octanol–water partition coefficient (Wildman–Crippen LogP) is 2.94. The van der Waals surface area contributed by atoms with Gasteiger partial charge in [-0.25, -0.2) is 13.8 Å². The topological polar surface area (TPSA) is 37.8 Å². The second-order valence-corrected chi connectivity index (χ2v) is 3.66. The minimum absolute atomic E-state index is 0.0361. The Hall–Kier alpha value is -1.92. The van der Waals surface area contributed by atoms with E-state index in [1.807, 2.05) is 0 Å². The number of nitrogens with zero attached hydrogens (tertiary/aromatic N) is 2. The fourth-order valence-corrected chi connectivity index (χ4v) is 1.33. The lowest BCUT2D eigenvalue weighted by atomic mass is 10.3. The molecule has 96 valence electrons. The highest BCUT2D eigenvalue weighted by atomic mass is 19.3. The molecule has 0 aliphatic rings. The Morgan fingerprint density at radius 2 is 1.83 bits per heavy atom. The zero-order chi connectivity index (χ0) is 13.2. The van der Waals surface area contributed by atoms with E-state index in [2.05, 4.69) is 15.3 Å². The average molecular weight is 259 g/mol. The van der Waals surface area contributed by atoms with Crippen molar-refractivity contribution in [3.8, 4) is 0 Å². The highest BCUT2D eigenvalue weighted by molar-refractivity contribution is 5.75. The molecule has 0 saturated carbocycles. The number of halogens is 4. The minimum atomic E-state index is -4.09. The van der Waals surface area contributed by atoms with Crippen LogP contribution in [0.25, 0.3) is 11.0 Å². The van der Waals surface area contributed by atoms with E-state index in [4.69, 9.17) is 0 Å². The number of hydrogen-bond donors (Lipinski definition) is 1. The fraction of sp³-hybridized carbons (Fsp3) is 0.273. The molecule has 1 heterocycles. The number of fused-ring (bicyclic) bond motifs is 1. The van der Waals surface area contributed by atoms with Gasteiger partial charge in [0.1, 0.15) is 5.82 Å². The number of rotatable bonds is 4. The molecule has 0 aliphatic heterocycles. The summed E-state index contributed by atoms with van der Waals surface area (Å²) in [4.78, 5) is 7.96. The molecule has 0 amide bonds. The molecule has 18 heavy (non-hydrogen) atoms. The summed E-state index contributed by atoms with van der Waals surface area (Å²) in [5.74, 6) is -4.05. The zero-order valence-corrected chi connectivity index (χ0v) is 9.08. The third-order valence-corrected chi connectivity index (χ3v) is 2.27. The minimum Gasteiger partial charge on any atom is -0.362 e. The lowest BCUT2D eigenvalue weighted by molar-refractivity contribution is -0.117. The van der Waals surface area contributed by atoms with Crippen molar-refractivity contribution < 1.29 is 17.6 Å². The van der Waals surface area contributed by atoms with Gasteiger partial charge in [0, 0.05) is 0 Å². The van der Waals surface area contributed by atoms with Crippen LogP contribution in [0.5, 0.6) is 0 Å². The second-order valence-electron chi connectivity index (χ2n) is 3.66. The molecule has 0 unspecified atom stereocenters. The van der Waals surface area contributed by atoms with Gasteiger partial charge in [-0.05, 0) is 12.1 Å². The lowest BCUT2D eigenvalue weighted by Crippen LogP contribution is -2.35. The van der Waals surface area contributed by atoms with Crippen molar-refractivity contribution in [3.63, 3.8) is 0 Å². The van der Waals surface area contributed by atoms with Crippen LogP contribution in [0.1, 0.15) is 0 Å².